The molecule has 146 valence electrons. The van der Waals surface area contributed by atoms with Crippen LogP contribution in [-0.4, -0.2) is 40.9 Å². The zero-order valence-corrected chi connectivity index (χ0v) is 15.7. The highest BCUT2D eigenvalue weighted by atomic mass is 16.2. The van der Waals surface area contributed by atoms with Crippen LogP contribution in [0.2, 0.25) is 0 Å². The average molecular weight is 388 g/mol. The SMILES string of the molecule is O=C(NCc1ccc(Cn2cncn2)cc1)C(Cc1ccccc1)n1cnnn1. The minimum Gasteiger partial charge on any atom is -0.350 e. The number of hydrogen-bond acceptors (Lipinski definition) is 6. The molecule has 29 heavy (non-hydrogen) atoms. The lowest BCUT2D eigenvalue weighted by Gasteiger charge is -2.16. The maximum absolute atomic E-state index is 12.9. The van der Waals surface area contributed by atoms with E-state index < -0.39 is 6.04 Å². The van der Waals surface area contributed by atoms with E-state index >= 15 is 0 Å². The van der Waals surface area contributed by atoms with Crippen molar-refractivity contribution in [2.24, 2.45) is 0 Å². The van der Waals surface area contributed by atoms with Gasteiger partial charge in [0.25, 0.3) is 0 Å². The standard InChI is InChI=1S/C20H20N8O/c29-20(19(28-15-23-25-26-28)10-16-4-2-1-3-5-16)22-11-17-6-8-18(9-7-17)12-27-14-21-13-24-27/h1-9,13-15,19H,10-12H2,(H,22,29). The van der Waals surface area contributed by atoms with E-state index in [0.717, 1.165) is 16.7 Å². The van der Waals surface area contributed by atoms with E-state index in [2.05, 4.69) is 30.9 Å². The molecule has 1 N–H and O–H groups in total. The van der Waals surface area contributed by atoms with Crippen LogP contribution in [0.1, 0.15) is 22.7 Å². The molecule has 9 nitrogen and oxygen atoms in total. The lowest BCUT2D eigenvalue weighted by atomic mass is 10.1. The van der Waals surface area contributed by atoms with Crippen LogP contribution in [0.25, 0.3) is 0 Å². The van der Waals surface area contributed by atoms with E-state index in [9.17, 15) is 4.79 Å². The van der Waals surface area contributed by atoms with Crippen molar-refractivity contribution in [1.29, 1.82) is 0 Å². The molecule has 0 aliphatic rings. The molecule has 2 aromatic carbocycles. The molecule has 2 aromatic heterocycles. The van der Waals surface area contributed by atoms with Crippen LogP contribution in [0.5, 0.6) is 0 Å². The second-order valence-corrected chi connectivity index (χ2v) is 6.62. The summed E-state index contributed by atoms with van der Waals surface area (Å²) in [6.07, 6.45) is 5.17. The van der Waals surface area contributed by atoms with Crippen molar-refractivity contribution in [1.82, 2.24) is 40.3 Å². The molecule has 4 rings (SSSR count). The molecule has 1 atom stereocenters. The summed E-state index contributed by atoms with van der Waals surface area (Å²) in [6, 6.07) is 17.3. The molecule has 1 unspecified atom stereocenters. The minimum atomic E-state index is -0.515. The fourth-order valence-electron chi connectivity index (χ4n) is 3.03. The number of rotatable bonds is 8. The fourth-order valence-corrected chi connectivity index (χ4v) is 3.03. The number of aromatic nitrogens is 7. The first-order chi connectivity index (χ1) is 14.3. The molecule has 2 heterocycles. The van der Waals surface area contributed by atoms with Gasteiger partial charge >= 0.3 is 0 Å². The van der Waals surface area contributed by atoms with Crippen LogP contribution in [0, 0.1) is 0 Å². The summed E-state index contributed by atoms with van der Waals surface area (Å²) in [5.74, 6) is -0.132. The van der Waals surface area contributed by atoms with Crippen LogP contribution >= 0.6 is 0 Å². The summed E-state index contributed by atoms with van der Waals surface area (Å²) in [4.78, 5) is 16.8. The highest BCUT2D eigenvalue weighted by molar-refractivity contribution is 5.80. The Bertz CT molecular complexity index is 1010. The molecule has 0 radical (unpaired) electrons. The second-order valence-electron chi connectivity index (χ2n) is 6.62. The third-order valence-electron chi connectivity index (χ3n) is 4.56. The molecule has 0 saturated carbocycles. The Morgan fingerprint density at radius 3 is 2.45 bits per heavy atom. The summed E-state index contributed by atoms with van der Waals surface area (Å²) in [6.45, 7) is 1.08. The first-order valence-electron chi connectivity index (χ1n) is 9.22. The van der Waals surface area contributed by atoms with E-state index in [0.29, 0.717) is 19.5 Å². The number of benzene rings is 2. The van der Waals surface area contributed by atoms with Crippen LogP contribution in [0.15, 0.2) is 73.6 Å². The largest absolute Gasteiger partial charge is 0.350 e. The van der Waals surface area contributed by atoms with Gasteiger partial charge in [-0.1, -0.05) is 54.6 Å². The van der Waals surface area contributed by atoms with Gasteiger partial charge in [-0.2, -0.15) is 5.10 Å². The predicted octanol–water partition coefficient (Wildman–Crippen LogP) is 1.41. The lowest BCUT2D eigenvalue weighted by Crippen LogP contribution is -2.34. The van der Waals surface area contributed by atoms with Gasteiger partial charge in [0.05, 0.1) is 6.54 Å². The average Bonchev–Trinajstić information content (AvgIpc) is 3.46. The van der Waals surface area contributed by atoms with E-state index in [1.807, 2.05) is 54.6 Å². The summed E-state index contributed by atoms with van der Waals surface area (Å²) in [7, 11) is 0. The van der Waals surface area contributed by atoms with Crippen molar-refractivity contribution >= 4 is 5.91 Å². The number of nitrogens with zero attached hydrogens (tertiary/aromatic N) is 7. The zero-order valence-electron chi connectivity index (χ0n) is 15.7. The van der Waals surface area contributed by atoms with E-state index in [4.69, 9.17) is 0 Å². The molecule has 1 amide bonds. The van der Waals surface area contributed by atoms with Crippen LogP contribution in [0.4, 0.5) is 0 Å². The zero-order chi connectivity index (χ0) is 19.9. The smallest absolute Gasteiger partial charge is 0.245 e. The van der Waals surface area contributed by atoms with Gasteiger partial charge in [0.15, 0.2) is 0 Å². The Morgan fingerprint density at radius 1 is 0.966 bits per heavy atom. The van der Waals surface area contributed by atoms with Crippen molar-refractivity contribution in [3.63, 3.8) is 0 Å². The number of amides is 1. The lowest BCUT2D eigenvalue weighted by molar-refractivity contribution is -0.124. The Kier molecular flexibility index (Phi) is 5.65. The maximum atomic E-state index is 12.9. The fraction of sp³-hybridized carbons (Fsp3) is 0.200. The van der Waals surface area contributed by atoms with Gasteiger partial charge in [-0.25, -0.2) is 14.3 Å². The highest BCUT2D eigenvalue weighted by Crippen LogP contribution is 2.14. The van der Waals surface area contributed by atoms with E-state index in [-0.39, 0.29) is 5.91 Å². The van der Waals surface area contributed by atoms with Gasteiger partial charge in [0, 0.05) is 13.0 Å². The van der Waals surface area contributed by atoms with Crippen molar-refractivity contribution in [3.05, 3.63) is 90.3 Å². The monoisotopic (exact) mass is 388 g/mol. The van der Waals surface area contributed by atoms with Gasteiger partial charge in [0.1, 0.15) is 25.0 Å². The van der Waals surface area contributed by atoms with Crippen molar-refractivity contribution in [3.8, 4) is 0 Å². The third kappa shape index (κ3) is 4.89. The van der Waals surface area contributed by atoms with Crippen molar-refractivity contribution in [2.75, 3.05) is 0 Å². The molecule has 0 aliphatic carbocycles. The Labute approximate surface area is 167 Å². The van der Waals surface area contributed by atoms with Crippen molar-refractivity contribution in [2.45, 2.75) is 25.6 Å². The highest BCUT2D eigenvalue weighted by Gasteiger charge is 2.22. The Balaban J connectivity index is 1.38. The van der Waals surface area contributed by atoms with Crippen molar-refractivity contribution < 1.29 is 4.79 Å². The summed E-state index contributed by atoms with van der Waals surface area (Å²) < 4.78 is 3.25. The molecular formula is C20H20N8O. The predicted molar refractivity (Wildman–Crippen MR) is 104 cm³/mol. The summed E-state index contributed by atoms with van der Waals surface area (Å²) in [5, 5.41) is 18.3. The molecular weight excluding hydrogens is 368 g/mol. The number of carbonyl (C=O) groups excluding carboxylic acids is 1. The topological polar surface area (TPSA) is 103 Å². The number of hydrogen-bond donors (Lipinski definition) is 1. The van der Waals surface area contributed by atoms with Gasteiger partial charge in [-0.05, 0) is 27.1 Å². The first-order valence-corrected chi connectivity index (χ1v) is 9.22. The molecule has 0 saturated heterocycles. The van der Waals surface area contributed by atoms with Crippen LogP contribution < -0.4 is 5.32 Å². The Hall–Kier alpha value is -3.88. The number of tetrazole rings is 1. The number of carbonyl (C=O) groups is 1. The van der Waals surface area contributed by atoms with Crippen LogP contribution in [-0.2, 0) is 24.3 Å². The Morgan fingerprint density at radius 2 is 1.76 bits per heavy atom. The van der Waals surface area contributed by atoms with E-state index in [1.165, 1.54) is 17.3 Å². The second kappa shape index (κ2) is 8.87. The van der Waals surface area contributed by atoms with Gasteiger partial charge in [-0.3, -0.25) is 4.79 Å². The molecule has 4 aromatic rings. The minimum absolute atomic E-state index is 0.132. The number of nitrogens with one attached hydrogen (secondary N) is 1. The van der Waals surface area contributed by atoms with Gasteiger partial charge in [0.2, 0.25) is 5.91 Å². The van der Waals surface area contributed by atoms with E-state index in [1.54, 1.807) is 11.0 Å². The van der Waals surface area contributed by atoms with Gasteiger partial charge in [-0.15, -0.1) is 5.10 Å². The molecule has 0 fully saturated rings. The molecule has 9 heteroatoms. The molecule has 0 bridgehead atoms. The maximum Gasteiger partial charge on any atom is 0.245 e. The summed E-state index contributed by atoms with van der Waals surface area (Å²) in [5.41, 5.74) is 3.16. The van der Waals surface area contributed by atoms with Crippen LogP contribution in [0.3, 0.4) is 0 Å². The first kappa shape index (κ1) is 18.5. The summed E-state index contributed by atoms with van der Waals surface area (Å²) >= 11 is 0. The van der Waals surface area contributed by atoms with Gasteiger partial charge < -0.3 is 5.32 Å². The normalized spacial score (nSPS) is 11.9. The third-order valence-corrected chi connectivity index (χ3v) is 4.56. The molecule has 0 spiro atoms. The molecule has 0 aliphatic heterocycles. The quantitative estimate of drug-likeness (QED) is 0.490.